The second-order valence-corrected chi connectivity index (χ2v) is 5.16. The summed E-state index contributed by atoms with van der Waals surface area (Å²) in [6.07, 6.45) is 0.897. The lowest BCUT2D eigenvalue weighted by Crippen LogP contribution is -2.33. The van der Waals surface area contributed by atoms with Crippen LogP contribution in [-0.4, -0.2) is 19.7 Å². The van der Waals surface area contributed by atoms with Crippen molar-refractivity contribution < 1.29 is 9.53 Å². The average molecular weight is 282 g/mol. The van der Waals surface area contributed by atoms with E-state index in [4.69, 9.17) is 4.74 Å². The molecule has 0 saturated heterocycles. The zero-order valence-electron chi connectivity index (χ0n) is 12.2. The van der Waals surface area contributed by atoms with E-state index in [0.29, 0.717) is 18.0 Å². The first-order chi connectivity index (χ1) is 10.2. The van der Waals surface area contributed by atoms with Crippen molar-refractivity contribution in [1.29, 1.82) is 0 Å². The number of nitrogens with zero attached hydrogens (tertiary/aromatic N) is 1. The van der Waals surface area contributed by atoms with Gasteiger partial charge in [-0.15, -0.1) is 0 Å². The second-order valence-electron chi connectivity index (χ2n) is 5.16. The van der Waals surface area contributed by atoms with Crippen molar-refractivity contribution in [2.24, 2.45) is 0 Å². The number of hydrogen-bond acceptors (Lipinski definition) is 2. The van der Waals surface area contributed by atoms with Crippen LogP contribution in [0.15, 0.2) is 42.5 Å². The van der Waals surface area contributed by atoms with Crippen molar-refractivity contribution >= 4 is 17.4 Å². The monoisotopic (exact) mass is 282 g/mol. The fourth-order valence-corrected chi connectivity index (χ4v) is 2.65. The SMILES string of the molecule is COc1ccc(C)cc1NC(=O)N1CCc2ccccc21. The highest BCUT2D eigenvalue weighted by atomic mass is 16.5. The van der Waals surface area contributed by atoms with Gasteiger partial charge in [0.15, 0.2) is 0 Å². The third kappa shape index (κ3) is 2.57. The van der Waals surface area contributed by atoms with Crippen LogP contribution >= 0.6 is 0 Å². The van der Waals surface area contributed by atoms with E-state index < -0.39 is 0 Å². The van der Waals surface area contributed by atoms with Crippen molar-refractivity contribution in [1.82, 2.24) is 0 Å². The van der Waals surface area contributed by atoms with Crippen LogP contribution in [0, 0.1) is 6.92 Å². The van der Waals surface area contributed by atoms with Crippen LogP contribution in [0.3, 0.4) is 0 Å². The van der Waals surface area contributed by atoms with E-state index in [9.17, 15) is 4.79 Å². The molecule has 108 valence electrons. The van der Waals surface area contributed by atoms with Crippen molar-refractivity contribution in [3.8, 4) is 5.75 Å². The number of hydrogen-bond donors (Lipinski definition) is 1. The summed E-state index contributed by atoms with van der Waals surface area (Å²) in [7, 11) is 1.60. The first kappa shape index (κ1) is 13.5. The summed E-state index contributed by atoms with van der Waals surface area (Å²) in [5, 5.41) is 2.95. The Bertz CT molecular complexity index is 682. The Morgan fingerprint density at radius 3 is 2.86 bits per heavy atom. The molecule has 0 fully saturated rings. The van der Waals surface area contributed by atoms with Crippen molar-refractivity contribution in [3.05, 3.63) is 53.6 Å². The lowest BCUT2D eigenvalue weighted by atomic mass is 10.2. The molecule has 4 nitrogen and oxygen atoms in total. The molecule has 2 amide bonds. The highest BCUT2D eigenvalue weighted by molar-refractivity contribution is 6.03. The first-order valence-electron chi connectivity index (χ1n) is 7.00. The summed E-state index contributed by atoms with van der Waals surface area (Å²) in [4.78, 5) is 14.3. The molecule has 1 N–H and O–H groups in total. The second kappa shape index (κ2) is 5.48. The van der Waals surface area contributed by atoms with E-state index in [1.54, 1.807) is 12.0 Å². The predicted molar refractivity (Wildman–Crippen MR) is 84.2 cm³/mol. The molecule has 21 heavy (non-hydrogen) atoms. The highest BCUT2D eigenvalue weighted by Gasteiger charge is 2.24. The van der Waals surface area contributed by atoms with Gasteiger partial charge in [0.2, 0.25) is 0 Å². The molecule has 1 aliphatic heterocycles. The molecule has 0 unspecified atom stereocenters. The Morgan fingerprint density at radius 2 is 2.05 bits per heavy atom. The van der Waals surface area contributed by atoms with E-state index >= 15 is 0 Å². The number of ether oxygens (including phenoxy) is 1. The summed E-state index contributed by atoms with van der Waals surface area (Å²) in [6.45, 7) is 2.69. The molecule has 0 aliphatic carbocycles. The molecular formula is C17H18N2O2. The molecule has 2 aromatic rings. The number of para-hydroxylation sites is 1. The van der Waals surface area contributed by atoms with Crippen molar-refractivity contribution in [2.75, 3.05) is 23.9 Å². The minimum absolute atomic E-state index is 0.121. The van der Waals surface area contributed by atoms with Crippen LogP contribution in [0.25, 0.3) is 0 Å². The third-order valence-electron chi connectivity index (χ3n) is 3.73. The van der Waals surface area contributed by atoms with Gasteiger partial charge in [0, 0.05) is 12.2 Å². The van der Waals surface area contributed by atoms with Gasteiger partial charge in [-0.1, -0.05) is 24.3 Å². The van der Waals surface area contributed by atoms with Gasteiger partial charge in [0.1, 0.15) is 5.75 Å². The highest BCUT2D eigenvalue weighted by Crippen LogP contribution is 2.30. The molecule has 0 saturated carbocycles. The Balaban J connectivity index is 1.83. The lowest BCUT2D eigenvalue weighted by molar-refractivity contribution is 0.257. The molecule has 0 radical (unpaired) electrons. The molecule has 2 aromatic carbocycles. The van der Waals surface area contributed by atoms with E-state index in [1.807, 2.05) is 43.3 Å². The maximum absolute atomic E-state index is 12.5. The molecule has 3 rings (SSSR count). The minimum Gasteiger partial charge on any atom is -0.495 e. The number of carbonyl (C=O) groups excluding carboxylic acids is 1. The average Bonchev–Trinajstić information content (AvgIpc) is 2.91. The zero-order chi connectivity index (χ0) is 14.8. The topological polar surface area (TPSA) is 41.6 Å². The summed E-state index contributed by atoms with van der Waals surface area (Å²) in [6, 6.07) is 13.6. The van der Waals surface area contributed by atoms with Gasteiger partial charge in [-0.2, -0.15) is 0 Å². The van der Waals surface area contributed by atoms with Gasteiger partial charge < -0.3 is 10.1 Å². The van der Waals surface area contributed by atoms with Gasteiger partial charge in [-0.05, 0) is 42.7 Å². The van der Waals surface area contributed by atoms with Gasteiger partial charge in [0.25, 0.3) is 0 Å². The number of benzene rings is 2. The summed E-state index contributed by atoms with van der Waals surface area (Å²) in [5.74, 6) is 0.668. The maximum atomic E-state index is 12.5. The minimum atomic E-state index is -0.121. The fraction of sp³-hybridized carbons (Fsp3) is 0.235. The van der Waals surface area contributed by atoms with Gasteiger partial charge in [-0.25, -0.2) is 4.79 Å². The van der Waals surface area contributed by atoms with Crippen molar-refractivity contribution in [3.63, 3.8) is 0 Å². The fourth-order valence-electron chi connectivity index (χ4n) is 2.65. The number of urea groups is 1. The molecule has 0 spiro atoms. The van der Waals surface area contributed by atoms with E-state index in [1.165, 1.54) is 5.56 Å². The van der Waals surface area contributed by atoms with Gasteiger partial charge in [-0.3, -0.25) is 4.90 Å². The Morgan fingerprint density at radius 1 is 1.24 bits per heavy atom. The van der Waals surface area contributed by atoms with E-state index in [0.717, 1.165) is 17.7 Å². The normalized spacial score (nSPS) is 13.0. The summed E-state index contributed by atoms with van der Waals surface area (Å²) < 4.78 is 5.30. The van der Waals surface area contributed by atoms with Crippen molar-refractivity contribution in [2.45, 2.75) is 13.3 Å². The number of fused-ring (bicyclic) bond motifs is 1. The summed E-state index contributed by atoms with van der Waals surface area (Å²) >= 11 is 0. The number of aryl methyl sites for hydroxylation is 1. The number of amides is 2. The summed E-state index contributed by atoms with van der Waals surface area (Å²) in [5.41, 5.74) is 3.98. The van der Waals surface area contributed by atoms with E-state index in [-0.39, 0.29) is 6.03 Å². The van der Waals surface area contributed by atoms with E-state index in [2.05, 4.69) is 11.4 Å². The van der Waals surface area contributed by atoms with Crippen LogP contribution in [0.2, 0.25) is 0 Å². The molecule has 0 atom stereocenters. The number of rotatable bonds is 2. The lowest BCUT2D eigenvalue weighted by Gasteiger charge is -2.19. The predicted octanol–water partition coefficient (Wildman–Crippen LogP) is 3.60. The largest absolute Gasteiger partial charge is 0.495 e. The van der Waals surface area contributed by atoms with Crippen LogP contribution in [-0.2, 0) is 6.42 Å². The molecule has 1 aliphatic rings. The van der Waals surface area contributed by atoms with Crippen LogP contribution < -0.4 is 15.0 Å². The van der Waals surface area contributed by atoms with Crippen LogP contribution in [0.4, 0.5) is 16.2 Å². The standard InChI is InChI=1S/C17H18N2O2/c1-12-7-8-16(21-2)14(11-12)18-17(20)19-10-9-13-5-3-4-6-15(13)19/h3-8,11H,9-10H2,1-2H3,(H,18,20). The first-order valence-corrected chi connectivity index (χ1v) is 7.00. The molecule has 0 bridgehead atoms. The van der Waals surface area contributed by atoms with Gasteiger partial charge >= 0.3 is 6.03 Å². The zero-order valence-corrected chi connectivity index (χ0v) is 12.2. The Kier molecular flexibility index (Phi) is 3.52. The van der Waals surface area contributed by atoms with Gasteiger partial charge in [0.05, 0.1) is 12.8 Å². The Labute approximate surface area is 124 Å². The molecule has 0 aromatic heterocycles. The number of anilines is 2. The maximum Gasteiger partial charge on any atom is 0.326 e. The molecule has 1 heterocycles. The smallest absolute Gasteiger partial charge is 0.326 e. The number of carbonyl (C=O) groups is 1. The number of methoxy groups -OCH3 is 1. The van der Waals surface area contributed by atoms with Crippen LogP contribution in [0.5, 0.6) is 5.75 Å². The number of nitrogens with one attached hydrogen (secondary N) is 1. The van der Waals surface area contributed by atoms with Crippen LogP contribution in [0.1, 0.15) is 11.1 Å². The third-order valence-corrected chi connectivity index (χ3v) is 3.73. The Hall–Kier alpha value is -2.49. The molecule has 4 heteroatoms. The quantitative estimate of drug-likeness (QED) is 0.914. The molecular weight excluding hydrogens is 264 g/mol.